The zero-order valence-electron chi connectivity index (χ0n) is 12.1. The van der Waals surface area contributed by atoms with Crippen molar-refractivity contribution in [2.45, 2.75) is 19.5 Å². The topological polar surface area (TPSA) is 53.6 Å². The zero-order valence-corrected chi connectivity index (χ0v) is 12.1. The molecule has 2 unspecified atom stereocenters. The highest BCUT2D eigenvalue weighted by molar-refractivity contribution is 5.80. The number of amides is 1. The minimum atomic E-state index is -0.0180. The standard InChI is InChI=1S/C15H23N3O2/c1-12-14(10-16-17-12)15(19)18(8-9-20-2)11-13-6-4-3-5-7-13/h3-7,12,14,16-17H,8-11H2,1-2H3. The highest BCUT2D eigenvalue weighted by atomic mass is 16.5. The van der Waals surface area contributed by atoms with Crippen molar-refractivity contribution in [1.82, 2.24) is 15.8 Å². The maximum absolute atomic E-state index is 12.7. The van der Waals surface area contributed by atoms with Gasteiger partial charge in [-0.15, -0.1) is 0 Å². The van der Waals surface area contributed by atoms with Gasteiger partial charge in [0.2, 0.25) is 5.91 Å². The van der Waals surface area contributed by atoms with Gasteiger partial charge in [0, 0.05) is 32.8 Å². The molecule has 0 bridgehead atoms. The summed E-state index contributed by atoms with van der Waals surface area (Å²) in [6.07, 6.45) is 0. The van der Waals surface area contributed by atoms with E-state index in [1.165, 1.54) is 0 Å². The number of nitrogens with one attached hydrogen (secondary N) is 2. The summed E-state index contributed by atoms with van der Waals surface area (Å²) in [5.41, 5.74) is 7.29. The third-order valence-corrected chi connectivity index (χ3v) is 3.67. The molecule has 2 atom stereocenters. The quantitative estimate of drug-likeness (QED) is 0.806. The van der Waals surface area contributed by atoms with E-state index in [4.69, 9.17) is 4.74 Å². The molecule has 0 aromatic heterocycles. The summed E-state index contributed by atoms with van der Waals surface area (Å²) < 4.78 is 5.12. The SMILES string of the molecule is COCCN(Cc1ccccc1)C(=O)C1CNNC1C. The van der Waals surface area contributed by atoms with E-state index >= 15 is 0 Å². The molecule has 5 nitrogen and oxygen atoms in total. The number of carbonyl (C=O) groups excluding carboxylic acids is 1. The van der Waals surface area contributed by atoms with Crippen LogP contribution < -0.4 is 10.9 Å². The Bertz CT molecular complexity index is 424. The second kappa shape index (κ2) is 7.38. The largest absolute Gasteiger partial charge is 0.383 e. The lowest BCUT2D eigenvalue weighted by atomic mass is 10.0. The van der Waals surface area contributed by atoms with Crippen molar-refractivity contribution in [1.29, 1.82) is 0 Å². The minimum absolute atomic E-state index is 0.0180. The van der Waals surface area contributed by atoms with E-state index in [-0.39, 0.29) is 17.9 Å². The lowest BCUT2D eigenvalue weighted by molar-refractivity contribution is -0.136. The number of carbonyl (C=O) groups is 1. The smallest absolute Gasteiger partial charge is 0.229 e. The van der Waals surface area contributed by atoms with Gasteiger partial charge in [0.05, 0.1) is 12.5 Å². The van der Waals surface area contributed by atoms with E-state index in [9.17, 15) is 4.79 Å². The van der Waals surface area contributed by atoms with Crippen molar-refractivity contribution in [3.63, 3.8) is 0 Å². The molecular weight excluding hydrogens is 254 g/mol. The van der Waals surface area contributed by atoms with Gasteiger partial charge in [-0.3, -0.25) is 15.6 Å². The number of methoxy groups -OCH3 is 1. The second-order valence-corrected chi connectivity index (χ2v) is 5.16. The van der Waals surface area contributed by atoms with E-state index in [1.807, 2.05) is 42.2 Å². The maximum atomic E-state index is 12.7. The van der Waals surface area contributed by atoms with Crippen molar-refractivity contribution in [2.24, 2.45) is 5.92 Å². The van der Waals surface area contributed by atoms with E-state index in [2.05, 4.69) is 10.9 Å². The molecule has 1 heterocycles. The van der Waals surface area contributed by atoms with Crippen molar-refractivity contribution in [3.05, 3.63) is 35.9 Å². The van der Waals surface area contributed by atoms with Crippen LogP contribution in [0.1, 0.15) is 12.5 Å². The summed E-state index contributed by atoms with van der Waals surface area (Å²) in [4.78, 5) is 14.5. The van der Waals surface area contributed by atoms with E-state index in [0.717, 1.165) is 5.56 Å². The summed E-state index contributed by atoms with van der Waals surface area (Å²) in [5.74, 6) is 0.159. The van der Waals surface area contributed by atoms with Crippen molar-refractivity contribution >= 4 is 5.91 Å². The second-order valence-electron chi connectivity index (χ2n) is 5.16. The molecule has 0 spiro atoms. The first-order chi connectivity index (χ1) is 9.72. The van der Waals surface area contributed by atoms with Crippen molar-refractivity contribution in [2.75, 3.05) is 26.8 Å². The number of ether oxygens (including phenoxy) is 1. The van der Waals surface area contributed by atoms with Gasteiger partial charge in [-0.2, -0.15) is 0 Å². The molecule has 1 fully saturated rings. The van der Waals surface area contributed by atoms with Crippen LogP contribution in [0, 0.1) is 5.92 Å². The molecule has 20 heavy (non-hydrogen) atoms. The Morgan fingerprint density at radius 3 is 2.75 bits per heavy atom. The van der Waals surface area contributed by atoms with Gasteiger partial charge in [0.25, 0.3) is 0 Å². The zero-order chi connectivity index (χ0) is 14.4. The number of hydrogen-bond acceptors (Lipinski definition) is 4. The van der Waals surface area contributed by atoms with Gasteiger partial charge in [0.15, 0.2) is 0 Å². The van der Waals surface area contributed by atoms with Crippen LogP contribution in [0.5, 0.6) is 0 Å². The normalized spacial score (nSPS) is 21.9. The van der Waals surface area contributed by atoms with Gasteiger partial charge in [0.1, 0.15) is 0 Å². The fourth-order valence-corrected chi connectivity index (χ4v) is 2.42. The van der Waals surface area contributed by atoms with E-state index in [0.29, 0.717) is 26.2 Å². The third-order valence-electron chi connectivity index (χ3n) is 3.67. The average Bonchev–Trinajstić information content (AvgIpc) is 2.90. The number of rotatable bonds is 6. The lowest BCUT2D eigenvalue weighted by Gasteiger charge is -2.26. The average molecular weight is 277 g/mol. The van der Waals surface area contributed by atoms with Gasteiger partial charge in [-0.25, -0.2) is 0 Å². The molecule has 1 saturated heterocycles. The Balaban J connectivity index is 2.04. The van der Waals surface area contributed by atoms with Crippen LogP contribution in [0.15, 0.2) is 30.3 Å². The molecule has 1 aromatic carbocycles. The molecule has 1 aliphatic heterocycles. The molecule has 1 amide bonds. The van der Waals surface area contributed by atoms with Gasteiger partial charge in [-0.05, 0) is 12.5 Å². The van der Waals surface area contributed by atoms with Crippen LogP contribution in [0.3, 0.4) is 0 Å². The number of hydrogen-bond donors (Lipinski definition) is 2. The monoisotopic (exact) mass is 277 g/mol. The Hall–Kier alpha value is -1.43. The molecule has 5 heteroatoms. The van der Waals surface area contributed by atoms with Crippen LogP contribution in [0.2, 0.25) is 0 Å². The summed E-state index contributed by atoms with van der Waals surface area (Å²) in [5, 5.41) is 0. The summed E-state index contributed by atoms with van der Waals surface area (Å²) in [6, 6.07) is 10.2. The summed E-state index contributed by atoms with van der Waals surface area (Å²) in [7, 11) is 1.66. The molecule has 2 rings (SSSR count). The fourth-order valence-electron chi connectivity index (χ4n) is 2.42. The van der Waals surface area contributed by atoms with Crippen LogP contribution in [0.25, 0.3) is 0 Å². The lowest BCUT2D eigenvalue weighted by Crippen LogP contribution is -2.42. The molecule has 0 aliphatic carbocycles. The molecule has 1 aromatic rings. The fraction of sp³-hybridized carbons (Fsp3) is 0.533. The van der Waals surface area contributed by atoms with Gasteiger partial charge in [-0.1, -0.05) is 30.3 Å². The predicted octanol–water partition coefficient (Wildman–Crippen LogP) is 0.774. The summed E-state index contributed by atoms with van der Waals surface area (Å²) >= 11 is 0. The first-order valence-electron chi connectivity index (χ1n) is 7.02. The van der Waals surface area contributed by atoms with Crippen LogP contribution in [0.4, 0.5) is 0 Å². The van der Waals surface area contributed by atoms with Crippen molar-refractivity contribution < 1.29 is 9.53 Å². The molecular formula is C15H23N3O2. The predicted molar refractivity (Wildman–Crippen MR) is 77.8 cm³/mol. The van der Waals surface area contributed by atoms with Crippen LogP contribution in [-0.2, 0) is 16.1 Å². The van der Waals surface area contributed by atoms with E-state index in [1.54, 1.807) is 7.11 Å². The van der Waals surface area contributed by atoms with Crippen LogP contribution in [-0.4, -0.2) is 43.7 Å². The Morgan fingerprint density at radius 2 is 2.15 bits per heavy atom. The highest BCUT2D eigenvalue weighted by Crippen LogP contribution is 2.14. The Kier molecular flexibility index (Phi) is 5.52. The Morgan fingerprint density at radius 1 is 1.40 bits per heavy atom. The number of benzene rings is 1. The molecule has 1 aliphatic rings. The number of hydrazine groups is 1. The Labute approximate surface area is 120 Å². The van der Waals surface area contributed by atoms with Gasteiger partial charge < -0.3 is 9.64 Å². The van der Waals surface area contributed by atoms with Crippen molar-refractivity contribution in [3.8, 4) is 0 Å². The van der Waals surface area contributed by atoms with Gasteiger partial charge >= 0.3 is 0 Å². The molecule has 0 radical (unpaired) electrons. The van der Waals surface area contributed by atoms with E-state index < -0.39 is 0 Å². The molecule has 0 saturated carbocycles. The first kappa shape index (κ1) is 15.0. The highest BCUT2D eigenvalue weighted by Gasteiger charge is 2.32. The number of nitrogens with zero attached hydrogens (tertiary/aromatic N) is 1. The first-order valence-corrected chi connectivity index (χ1v) is 7.02. The third kappa shape index (κ3) is 3.79. The maximum Gasteiger partial charge on any atom is 0.229 e. The summed E-state index contributed by atoms with van der Waals surface area (Å²) in [6.45, 7) is 4.51. The van der Waals surface area contributed by atoms with Crippen LogP contribution >= 0.6 is 0 Å². The molecule has 2 N–H and O–H groups in total. The molecule has 110 valence electrons. The minimum Gasteiger partial charge on any atom is -0.383 e.